The lowest BCUT2D eigenvalue weighted by atomic mass is 10.1. The van der Waals surface area contributed by atoms with Crippen LogP contribution in [0.25, 0.3) is 10.4 Å². The van der Waals surface area contributed by atoms with E-state index in [0.29, 0.717) is 31.1 Å². The first-order valence-corrected chi connectivity index (χ1v) is 6.73. The summed E-state index contributed by atoms with van der Waals surface area (Å²) < 4.78 is 5.05. The Bertz CT molecular complexity index is 489. The minimum atomic E-state index is -0.570. The van der Waals surface area contributed by atoms with Gasteiger partial charge in [-0.2, -0.15) is 0 Å². The van der Waals surface area contributed by atoms with Crippen LogP contribution in [0.4, 0.5) is 0 Å². The molecule has 0 saturated carbocycles. The molecule has 108 valence electrons. The molecule has 0 heterocycles. The van der Waals surface area contributed by atoms with Gasteiger partial charge < -0.3 is 10.1 Å². The number of rotatable bonds is 8. The molecule has 0 saturated heterocycles. The van der Waals surface area contributed by atoms with E-state index < -0.39 is 6.04 Å². The summed E-state index contributed by atoms with van der Waals surface area (Å²) in [6.45, 7) is 2.99. The van der Waals surface area contributed by atoms with Crippen molar-refractivity contribution >= 4 is 17.6 Å². The molecule has 0 spiro atoms. The molecule has 1 unspecified atom stereocenters. The van der Waals surface area contributed by atoms with Crippen molar-refractivity contribution < 1.29 is 9.53 Å². The minimum absolute atomic E-state index is 0.316. The predicted octanol–water partition coefficient (Wildman–Crippen LogP) is 3.23. The predicted molar refractivity (Wildman–Crippen MR) is 77.5 cm³/mol. The molecule has 6 nitrogen and oxygen atoms in total. The van der Waals surface area contributed by atoms with Crippen LogP contribution in [0.2, 0.25) is 5.02 Å². The molecule has 1 N–H and O–H groups in total. The summed E-state index contributed by atoms with van der Waals surface area (Å²) in [5.41, 5.74) is 8.94. The first-order chi connectivity index (χ1) is 9.69. The summed E-state index contributed by atoms with van der Waals surface area (Å²) >= 11 is 5.94. The summed E-state index contributed by atoms with van der Waals surface area (Å²) in [5, 5.41) is 7.09. The van der Waals surface area contributed by atoms with Crippen LogP contribution in [-0.2, 0) is 9.53 Å². The zero-order chi connectivity index (χ0) is 14.8. The lowest BCUT2D eigenvalue weighted by molar-refractivity contribution is -0.145. The lowest BCUT2D eigenvalue weighted by Gasteiger charge is -2.17. The van der Waals surface area contributed by atoms with Gasteiger partial charge in [-0.1, -0.05) is 28.8 Å². The fourth-order valence-corrected chi connectivity index (χ4v) is 1.89. The maximum atomic E-state index is 12.0. The summed E-state index contributed by atoms with van der Waals surface area (Å²) in [4.78, 5) is 14.6. The summed E-state index contributed by atoms with van der Waals surface area (Å²) in [6.07, 6.45) is 0.639. The molecule has 0 radical (unpaired) electrons. The number of esters is 1. The van der Waals surface area contributed by atoms with Gasteiger partial charge in [-0.15, -0.1) is 0 Å². The van der Waals surface area contributed by atoms with Crippen molar-refractivity contribution in [1.82, 2.24) is 5.32 Å². The second kappa shape index (κ2) is 9.20. The third kappa shape index (κ3) is 5.48. The minimum Gasteiger partial charge on any atom is -0.465 e. The molecule has 1 atom stereocenters. The van der Waals surface area contributed by atoms with Crippen molar-refractivity contribution in [1.29, 1.82) is 0 Å². The molecule has 0 amide bonds. The molecule has 0 aliphatic rings. The Morgan fingerprint density at radius 1 is 1.60 bits per heavy atom. The Labute approximate surface area is 122 Å². The molecular weight excluding hydrogens is 280 g/mol. The quantitative estimate of drug-likeness (QED) is 0.263. The Morgan fingerprint density at radius 3 is 3.05 bits per heavy atom. The van der Waals surface area contributed by atoms with E-state index in [1.54, 1.807) is 25.1 Å². The molecule has 1 aromatic rings. The van der Waals surface area contributed by atoms with E-state index in [1.807, 2.05) is 6.07 Å². The van der Waals surface area contributed by atoms with E-state index >= 15 is 0 Å². The monoisotopic (exact) mass is 296 g/mol. The Kier molecular flexibility index (Phi) is 7.50. The van der Waals surface area contributed by atoms with Gasteiger partial charge in [0.2, 0.25) is 0 Å². The van der Waals surface area contributed by atoms with Gasteiger partial charge in [0.1, 0.15) is 6.04 Å². The number of carbonyl (C=O) groups is 1. The van der Waals surface area contributed by atoms with Crippen LogP contribution >= 0.6 is 11.6 Å². The van der Waals surface area contributed by atoms with Crippen molar-refractivity contribution in [2.75, 3.05) is 19.7 Å². The number of hydrogen-bond donors (Lipinski definition) is 1. The number of ether oxygens (including phenoxy) is 1. The number of nitrogens with one attached hydrogen (secondary N) is 1. The van der Waals surface area contributed by atoms with E-state index in [4.69, 9.17) is 21.9 Å². The number of carbonyl (C=O) groups excluding carboxylic acids is 1. The molecular formula is C13H17ClN4O2. The zero-order valence-corrected chi connectivity index (χ0v) is 12.0. The van der Waals surface area contributed by atoms with Crippen LogP contribution in [0.15, 0.2) is 29.4 Å². The molecule has 1 rings (SSSR count). The third-order valence-corrected chi connectivity index (χ3v) is 2.79. The zero-order valence-electron chi connectivity index (χ0n) is 11.3. The number of halogens is 1. The molecule has 0 aliphatic carbocycles. The normalized spacial score (nSPS) is 11.5. The van der Waals surface area contributed by atoms with Crippen LogP contribution < -0.4 is 5.32 Å². The van der Waals surface area contributed by atoms with Crippen molar-refractivity contribution in [2.24, 2.45) is 5.11 Å². The summed E-state index contributed by atoms with van der Waals surface area (Å²) in [7, 11) is 0. The molecule has 0 aliphatic heterocycles. The van der Waals surface area contributed by atoms with Gasteiger partial charge in [-0.05, 0) is 43.1 Å². The number of hydrogen-bond acceptors (Lipinski definition) is 4. The van der Waals surface area contributed by atoms with Crippen LogP contribution in [0.5, 0.6) is 0 Å². The smallest absolute Gasteiger partial charge is 0.327 e. The van der Waals surface area contributed by atoms with E-state index in [2.05, 4.69) is 15.3 Å². The van der Waals surface area contributed by atoms with Crippen LogP contribution in [0, 0.1) is 0 Å². The van der Waals surface area contributed by atoms with Gasteiger partial charge in [0.25, 0.3) is 0 Å². The Balaban J connectivity index is 2.70. The molecule has 20 heavy (non-hydrogen) atoms. The lowest BCUT2D eigenvalue weighted by Crippen LogP contribution is -2.31. The van der Waals surface area contributed by atoms with E-state index in [1.165, 1.54) is 0 Å². The largest absolute Gasteiger partial charge is 0.465 e. The highest BCUT2D eigenvalue weighted by Gasteiger charge is 2.21. The fourth-order valence-electron chi connectivity index (χ4n) is 1.69. The average molecular weight is 297 g/mol. The molecule has 0 fully saturated rings. The maximum Gasteiger partial charge on any atom is 0.327 e. The van der Waals surface area contributed by atoms with Gasteiger partial charge in [0, 0.05) is 16.5 Å². The number of benzene rings is 1. The Morgan fingerprint density at radius 2 is 2.40 bits per heavy atom. The van der Waals surface area contributed by atoms with Crippen LogP contribution in [-0.4, -0.2) is 25.7 Å². The van der Waals surface area contributed by atoms with Crippen molar-refractivity contribution in [3.05, 3.63) is 45.3 Å². The average Bonchev–Trinajstić information content (AvgIpc) is 2.43. The highest BCUT2D eigenvalue weighted by molar-refractivity contribution is 6.30. The molecule has 7 heteroatoms. The first-order valence-electron chi connectivity index (χ1n) is 6.35. The second-order valence-electron chi connectivity index (χ2n) is 4.00. The SMILES string of the molecule is CCOC(=O)C(NCCCN=[N+]=[N-])c1cccc(Cl)c1. The van der Waals surface area contributed by atoms with E-state index in [9.17, 15) is 4.79 Å². The van der Waals surface area contributed by atoms with E-state index in [0.717, 1.165) is 5.56 Å². The second-order valence-corrected chi connectivity index (χ2v) is 4.44. The number of nitrogens with zero attached hydrogens (tertiary/aromatic N) is 3. The first kappa shape index (κ1) is 16.3. The highest BCUT2D eigenvalue weighted by atomic mass is 35.5. The van der Waals surface area contributed by atoms with Gasteiger partial charge in [0.05, 0.1) is 6.61 Å². The topological polar surface area (TPSA) is 87.1 Å². The third-order valence-electron chi connectivity index (χ3n) is 2.55. The van der Waals surface area contributed by atoms with Gasteiger partial charge >= 0.3 is 5.97 Å². The standard InChI is InChI=1S/C13H17ClN4O2/c1-2-20-13(19)12(16-7-4-8-17-18-15)10-5-3-6-11(14)9-10/h3,5-6,9,12,16H,2,4,7-8H2,1H3. The molecule has 0 bridgehead atoms. The van der Waals surface area contributed by atoms with E-state index in [-0.39, 0.29) is 5.97 Å². The summed E-state index contributed by atoms with van der Waals surface area (Å²) in [6, 6.07) is 6.50. The Hall–Kier alpha value is -1.75. The van der Waals surface area contributed by atoms with Crippen molar-refractivity contribution in [3.63, 3.8) is 0 Å². The van der Waals surface area contributed by atoms with Gasteiger partial charge in [-0.25, -0.2) is 4.79 Å². The highest BCUT2D eigenvalue weighted by Crippen LogP contribution is 2.19. The molecule has 1 aromatic carbocycles. The van der Waals surface area contributed by atoms with Gasteiger partial charge in [-0.3, -0.25) is 0 Å². The summed E-state index contributed by atoms with van der Waals surface area (Å²) in [5.74, 6) is -0.349. The fraction of sp³-hybridized carbons (Fsp3) is 0.462. The number of azide groups is 1. The van der Waals surface area contributed by atoms with Crippen molar-refractivity contribution in [2.45, 2.75) is 19.4 Å². The van der Waals surface area contributed by atoms with Gasteiger partial charge in [0.15, 0.2) is 0 Å². The maximum absolute atomic E-state index is 12.0. The molecule has 0 aromatic heterocycles. The van der Waals surface area contributed by atoms with Crippen molar-refractivity contribution in [3.8, 4) is 0 Å². The van der Waals surface area contributed by atoms with Crippen LogP contribution in [0.1, 0.15) is 24.9 Å². The van der Waals surface area contributed by atoms with Crippen LogP contribution in [0.3, 0.4) is 0 Å².